The fourth-order valence-corrected chi connectivity index (χ4v) is 3.54. The van der Waals surface area contributed by atoms with Gasteiger partial charge in [0.1, 0.15) is 0 Å². The van der Waals surface area contributed by atoms with Crippen LogP contribution in [0.4, 0.5) is 0 Å². The number of hydrogen-bond acceptors (Lipinski definition) is 3. The zero-order valence-electron chi connectivity index (χ0n) is 13.6. The Kier molecular flexibility index (Phi) is 5.78. The van der Waals surface area contributed by atoms with Crippen LogP contribution in [0.1, 0.15) is 37.8 Å². The Morgan fingerprint density at radius 1 is 1.23 bits per heavy atom. The average Bonchev–Trinajstić information content (AvgIpc) is 2.53. The van der Waals surface area contributed by atoms with Gasteiger partial charge in [-0.15, -0.1) is 0 Å². The predicted octanol–water partition coefficient (Wildman–Crippen LogP) is 2.94. The molecule has 0 heterocycles. The molecular formula is C17H26N2O2S. The van der Waals surface area contributed by atoms with E-state index in [0.717, 1.165) is 18.5 Å². The van der Waals surface area contributed by atoms with E-state index in [4.69, 9.17) is 0 Å². The maximum Gasteiger partial charge on any atom is 0.242 e. The average molecular weight is 322 g/mol. The summed E-state index contributed by atoms with van der Waals surface area (Å²) in [6.45, 7) is 3.12. The van der Waals surface area contributed by atoms with Crippen molar-refractivity contribution >= 4 is 10.0 Å². The zero-order valence-corrected chi connectivity index (χ0v) is 14.4. The number of benzene rings is 1. The third kappa shape index (κ3) is 4.18. The molecule has 0 spiro atoms. The van der Waals surface area contributed by atoms with E-state index < -0.39 is 10.0 Å². The van der Waals surface area contributed by atoms with Crippen molar-refractivity contribution in [2.45, 2.75) is 37.1 Å². The number of sulfonamides is 1. The quantitative estimate of drug-likeness (QED) is 0.819. The standard InChI is InChI=1S/C17H26N2O2S/c1-14(18-13-15-7-5-4-6-8-15)16-9-11-17(12-10-16)22(20,21)19(2)3/h4-5,9-12,14-15,18H,6-8,13H2,1-3H3. The van der Waals surface area contributed by atoms with E-state index >= 15 is 0 Å². The van der Waals surface area contributed by atoms with Crippen LogP contribution in [0.2, 0.25) is 0 Å². The molecule has 0 radical (unpaired) electrons. The van der Waals surface area contributed by atoms with Crippen molar-refractivity contribution in [2.24, 2.45) is 5.92 Å². The molecule has 0 saturated carbocycles. The lowest BCUT2D eigenvalue weighted by atomic mass is 9.94. The Hall–Kier alpha value is -1.17. The van der Waals surface area contributed by atoms with Crippen molar-refractivity contribution in [2.75, 3.05) is 20.6 Å². The molecular weight excluding hydrogens is 296 g/mol. The Morgan fingerprint density at radius 3 is 2.45 bits per heavy atom. The number of nitrogens with zero attached hydrogens (tertiary/aromatic N) is 1. The van der Waals surface area contributed by atoms with Gasteiger partial charge in [-0.05, 0) is 56.3 Å². The molecule has 0 bridgehead atoms. The molecule has 1 aromatic rings. The molecule has 2 atom stereocenters. The van der Waals surface area contributed by atoms with Crippen LogP contribution in [0.5, 0.6) is 0 Å². The molecule has 22 heavy (non-hydrogen) atoms. The molecule has 4 nitrogen and oxygen atoms in total. The Bertz CT molecular complexity index is 606. The van der Waals surface area contributed by atoms with Crippen molar-refractivity contribution < 1.29 is 8.42 Å². The van der Waals surface area contributed by atoms with Gasteiger partial charge >= 0.3 is 0 Å². The van der Waals surface area contributed by atoms with Crippen molar-refractivity contribution in [1.82, 2.24) is 9.62 Å². The predicted molar refractivity (Wildman–Crippen MR) is 90.2 cm³/mol. The molecule has 1 aliphatic carbocycles. The van der Waals surface area contributed by atoms with Gasteiger partial charge in [0.15, 0.2) is 0 Å². The lowest BCUT2D eigenvalue weighted by Gasteiger charge is -2.22. The first-order chi connectivity index (χ1) is 10.4. The van der Waals surface area contributed by atoms with Crippen molar-refractivity contribution in [3.63, 3.8) is 0 Å². The van der Waals surface area contributed by atoms with Crippen LogP contribution >= 0.6 is 0 Å². The summed E-state index contributed by atoms with van der Waals surface area (Å²) >= 11 is 0. The Morgan fingerprint density at radius 2 is 1.91 bits per heavy atom. The molecule has 122 valence electrons. The van der Waals surface area contributed by atoms with E-state index in [-0.39, 0.29) is 6.04 Å². The summed E-state index contributed by atoms with van der Waals surface area (Å²) in [5, 5.41) is 3.56. The molecule has 1 aromatic carbocycles. The fraction of sp³-hybridized carbons (Fsp3) is 0.529. The summed E-state index contributed by atoms with van der Waals surface area (Å²) in [4.78, 5) is 0.339. The monoisotopic (exact) mass is 322 g/mol. The highest BCUT2D eigenvalue weighted by Gasteiger charge is 2.17. The van der Waals surface area contributed by atoms with Gasteiger partial charge in [0.2, 0.25) is 10.0 Å². The summed E-state index contributed by atoms with van der Waals surface area (Å²) in [5.41, 5.74) is 1.11. The molecule has 1 N–H and O–H groups in total. The van der Waals surface area contributed by atoms with Gasteiger partial charge in [0.25, 0.3) is 0 Å². The highest BCUT2D eigenvalue weighted by atomic mass is 32.2. The minimum atomic E-state index is -3.34. The summed E-state index contributed by atoms with van der Waals surface area (Å²) in [7, 11) is -0.248. The van der Waals surface area contributed by atoms with E-state index in [0.29, 0.717) is 10.8 Å². The summed E-state index contributed by atoms with van der Waals surface area (Å²) in [6, 6.07) is 7.39. The van der Waals surface area contributed by atoms with E-state index in [1.165, 1.54) is 17.1 Å². The van der Waals surface area contributed by atoms with E-state index in [9.17, 15) is 8.42 Å². The summed E-state index contributed by atoms with van der Waals surface area (Å²) in [5.74, 6) is 0.709. The van der Waals surface area contributed by atoms with Crippen LogP contribution in [0.3, 0.4) is 0 Å². The Labute approximate surface area is 134 Å². The van der Waals surface area contributed by atoms with Crippen LogP contribution in [-0.4, -0.2) is 33.4 Å². The molecule has 2 rings (SSSR count). The maximum absolute atomic E-state index is 12.0. The number of nitrogens with one attached hydrogen (secondary N) is 1. The normalized spacial score (nSPS) is 20.3. The van der Waals surface area contributed by atoms with Gasteiger partial charge < -0.3 is 5.32 Å². The minimum Gasteiger partial charge on any atom is -0.310 e. The van der Waals surface area contributed by atoms with Crippen molar-refractivity contribution in [3.8, 4) is 0 Å². The molecule has 0 amide bonds. The van der Waals surface area contributed by atoms with Crippen LogP contribution in [0.25, 0.3) is 0 Å². The van der Waals surface area contributed by atoms with Crippen LogP contribution in [0, 0.1) is 5.92 Å². The van der Waals surface area contributed by atoms with Gasteiger partial charge in [-0.25, -0.2) is 12.7 Å². The first-order valence-corrected chi connectivity index (χ1v) is 9.26. The smallest absolute Gasteiger partial charge is 0.242 e. The topological polar surface area (TPSA) is 49.4 Å². The Balaban J connectivity index is 1.96. The summed E-state index contributed by atoms with van der Waals surface area (Å²) in [6.07, 6.45) is 8.10. The summed E-state index contributed by atoms with van der Waals surface area (Å²) < 4.78 is 25.3. The van der Waals surface area contributed by atoms with E-state index in [1.54, 1.807) is 26.2 Å². The van der Waals surface area contributed by atoms with Gasteiger partial charge in [0, 0.05) is 20.1 Å². The second-order valence-corrected chi connectivity index (χ2v) is 8.29. The lowest BCUT2D eigenvalue weighted by molar-refractivity contribution is 0.415. The number of rotatable bonds is 6. The first kappa shape index (κ1) is 17.2. The highest BCUT2D eigenvalue weighted by Crippen LogP contribution is 2.21. The van der Waals surface area contributed by atoms with Crippen molar-refractivity contribution in [3.05, 3.63) is 42.0 Å². The minimum absolute atomic E-state index is 0.224. The molecule has 5 heteroatoms. The number of allylic oxidation sites excluding steroid dienone is 2. The van der Waals surface area contributed by atoms with Crippen LogP contribution in [-0.2, 0) is 10.0 Å². The largest absolute Gasteiger partial charge is 0.310 e. The molecule has 0 aliphatic heterocycles. The molecule has 1 aliphatic rings. The molecule has 2 unspecified atom stereocenters. The van der Waals surface area contributed by atoms with Gasteiger partial charge in [0.05, 0.1) is 4.90 Å². The van der Waals surface area contributed by atoms with E-state index in [1.807, 2.05) is 12.1 Å². The second kappa shape index (κ2) is 7.40. The van der Waals surface area contributed by atoms with E-state index in [2.05, 4.69) is 24.4 Å². The first-order valence-electron chi connectivity index (χ1n) is 7.82. The molecule has 0 aromatic heterocycles. The zero-order chi connectivity index (χ0) is 16.2. The third-order valence-corrected chi connectivity index (χ3v) is 6.08. The van der Waals surface area contributed by atoms with Crippen molar-refractivity contribution in [1.29, 1.82) is 0 Å². The molecule has 0 fully saturated rings. The second-order valence-electron chi connectivity index (χ2n) is 6.14. The molecule has 0 saturated heterocycles. The van der Waals surface area contributed by atoms with Gasteiger partial charge in [-0.3, -0.25) is 0 Å². The third-order valence-electron chi connectivity index (χ3n) is 4.25. The number of hydrogen-bond donors (Lipinski definition) is 1. The SMILES string of the molecule is CC(NCC1CC=CCC1)c1ccc(S(=O)(=O)N(C)C)cc1. The van der Waals surface area contributed by atoms with Gasteiger partial charge in [-0.2, -0.15) is 0 Å². The maximum atomic E-state index is 12.0. The fourth-order valence-electron chi connectivity index (χ4n) is 2.64. The van der Waals surface area contributed by atoms with Gasteiger partial charge in [-0.1, -0.05) is 24.3 Å². The van der Waals surface area contributed by atoms with Crippen LogP contribution < -0.4 is 5.32 Å². The lowest BCUT2D eigenvalue weighted by Crippen LogP contribution is -2.26. The van der Waals surface area contributed by atoms with Crippen LogP contribution in [0.15, 0.2) is 41.3 Å². The highest BCUT2D eigenvalue weighted by molar-refractivity contribution is 7.89.